The Balaban J connectivity index is 1.96. The van der Waals surface area contributed by atoms with Crippen LogP contribution in [0.2, 0.25) is 0 Å². The van der Waals surface area contributed by atoms with Gasteiger partial charge in [-0.25, -0.2) is 18.0 Å². The molecule has 1 aliphatic carbocycles. The second kappa shape index (κ2) is 12.2. The zero-order valence-corrected chi connectivity index (χ0v) is 22.2. The molecule has 37 heavy (non-hydrogen) atoms. The first-order chi connectivity index (χ1) is 17.6. The number of carbonyl (C=O) groups excluding carboxylic acids is 3. The molecular weight excluding hydrogens is 500 g/mol. The lowest BCUT2D eigenvalue weighted by atomic mass is 9.95. The number of methoxy groups -OCH3 is 3. The summed E-state index contributed by atoms with van der Waals surface area (Å²) in [6.45, 7) is 1.32. The fourth-order valence-corrected chi connectivity index (χ4v) is 6.29. The van der Waals surface area contributed by atoms with Gasteiger partial charge in [0.05, 0.1) is 39.0 Å². The zero-order chi connectivity index (χ0) is 27.2. The van der Waals surface area contributed by atoms with Crippen LogP contribution in [-0.4, -0.2) is 64.5 Å². The van der Waals surface area contributed by atoms with Crippen molar-refractivity contribution in [3.05, 3.63) is 53.1 Å². The Hall–Kier alpha value is -3.44. The monoisotopic (exact) mass is 532 g/mol. The van der Waals surface area contributed by atoms with Gasteiger partial charge in [0.25, 0.3) is 0 Å². The predicted octanol–water partition coefficient (Wildman–Crippen LogP) is 3.54. The van der Waals surface area contributed by atoms with Gasteiger partial charge in [-0.05, 0) is 55.7 Å². The van der Waals surface area contributed by atoms with Crippen LogP contribution in [0, 0.1) is 6.92 Å². The van der Waals surface area contributed by atoms with E-state index in [9.17, 15) is 22.8 Å². The van der Waals surface area contributed by atoms with Gasteiger partial charge in [0.2, 0.25) is 15.9 Å². The first-order valence-electron chi connectivity index (χ1n) is 11.9. The van der Waals surface area contributed by atoms with Crippen LogP contribution in [0.4, 0.5) is 5.69 Å². The Kier molecular flexibility index (Phi) is 9.28. The highest BCUT2D eigenvalue weighted by atomic mass is 32.2. The number of benzene rings is 2. The van der Waals surface area contributed by atoms with E-state index in [1.54, 1.807) is 19.1 Å². The number of esters is 2. The molecule has 0 saturated heterocycles. The fourth-order valence-electron chi connectivity index (χ4n) is 4.40. The van der Waals surface area contributed by atoms with Crippen molar-refractivity contribution in [3.63, 3.8) is 0 Å². The third-order valence-corrected chi connectivity index (χ3v) is 8.17. The van der Waals surface area contributed by atoms with Gasteiger partial charge < -0.3 is 19.5 Å². The summed E-state index contributed by atoms with van der Waals surface area (Å²) in [5, 5.41) is 2.62. The lowest BCUT2D eigenvalue weighted by Crippen LogP contribution is -2.45. The highest BCUT2D eigenvalue weighted by Crippen LogP contribution is 2.32. The summed E-state index contributed by atoms with van der Waals surface area (Å²) in [7, 11) is -0.323. The molecule has 0 aliphatic heterocycles. The van der Waals surface area contributed by atoms with E-state index in [4.69, 9.17) is 14.2 Å². The molecule has 2 aromatic carbocycles. The van der Waals surface area contributed by atoms with E-state index in [0.717, 1.165) is 24.8 Å². The lowest BCUT2D eigenvalue weighted by molar-refractivity contribution is -0.116. The van der Waals surface area contributed by atoms with Crippen molar-refractivity contribution in [3.8, 4) is 5.75 Å². The van der Waals surface area contributed by atoms with E-state index in [-0.39, 0.29) is 33.5 Å². The predicted molar refractivity (Wildman–Crippen MR) is 136 cm³/mol. The second-order valence-corrected chi connectivity index (χ2v) is 10.7. The normalized spacial score (nSPS) is 14.2. The van der Waals surface area contributed by atoms with E-state index in [1.165, 1.54) is 49.9 Å². The molecular formula is C26H32N2O8S. The lowest BCUT2D eigenvalue weighted by Gasteiger charge is -2.33. The number of rotatable bonds is 9. The Morgan fingerprint density at radius 1 is 0.919 bits per heavy atom. The molecule has 10 nitrogen and oxygen atoms in total. The third-order valence-electron chi connectivity index (χ3n) is 6.25. The highest BCUT2D eigenvalue weighted by Gasteiger charge is 2.36. The average Bonchev–Trinajstić information content (AvgIpc) is 2.90. The summed E-state index contributed by atoms with van der Waals surface area (Å²) in [4.78, 5) is 37.4. The van der Waals surface area contributed by atoms with Crippen molar-refractivity contribution in [1.82, 2.24) is 4.31 Å². The van der Waals surface area contributed by atoms with E-state index >= 15 is 0 Å². The molecule has 0 atom stereocenters. The van der Waals surface area contributed by atoms with Gasteiger partial charge in [0, 0.05) is 11.7 Å². The molecule has 0 aromatic heterocycles. The summed E-state index contributed by atoms with van der Waals surface area (Å²) in [6.07, 6.45) is 3.97. The molecule has 0 bridgehead atoms. The maximum Gasteiger partial charge on any atom is 0.337 e. The minimum atomic E-state index is -4.11. The summed E-state index contributed by atoms with van der Waals surface area (Å²) in [6, 6.07) is 8.50. The molecule has 200 valence electrons. The summed E-state index contributed by atoms with van der Waals surface area (Å²) in [5.41, 5.74) is 0.925. The van der Waals surface area contributed by atoms with Crippen molar-refractivity contribution < 1.29 is 37.0 Å². The molecule has 1 aliphatic rings. The SMILES string of the molecule is COC(=O)c1cc(NC(=O)CN(C2CCCCC2)S(=O)(=O)c2cc(C)ccc2OC)cc(C(=O)OC)c1. The number of nitrogens with one attached hydrogen (secondary N) is 1. The Bertz CT molecular complexity index is 1240. The molecule has 0 radical (unpaired) electrons. The number of nitrogens with zero attached hydrogens (tertiary/aromatic N) is 1. The van der Waals surface area contributed by atoms with Gasteiger partial charge >= 0.3 is 11.9 Å². The van der Waals surface area contributed by atoms with Crippen LogP contribution in [0.15, 0.2) is 41.3 Å². The minimum absolute atomic E-state index is 0.00552. The largest absolute Gasteiger partial charge is 0.495 e. The van der Waals surface area contributed by atoms with Gasteiger partial charge in [-0.2, -0.15) is 4.31 Å². The summed E-state index contributed by atoms with van der Waals surface area (Å²) < 4.78 is 43.7. The first-order valence-corrected chi connectivity index (χ1v) is 13.3. The number of carbonyl (C=O) groups is 3. The van der Waals surface area contributed by atoms with Crippen LogP contribution in [-0.2, 0) is 24.3 Å². The number of hydrogen-bond acceptors (Lipinski definition) is 8. The molecule has 1 fully saturated rings. The van der Waals surface area contributed by atoms with E-state index in [0.29, 0.717) is 12.8 Å². The van der Waals surface area contributed by atoms with E-state index in [1.807, 2.05) is 0 Å². The zero-order valence-electron chi connectivity index (χ0n) is 21.4. The van der Waals surface area contributed by atoms with Crippen LogP contribution < -0.4 is 10.1 Å². The summed E-state index contributed by atoms with van der Waals surface area (Å²) >= 11 is 0. The van der Waals surface area contributed by atoms with Gasteiger partial charge in [-0.3, -0.25) is 4.79 Å². The van der Waals surface area contributed by atoms with Gasteiger partial charge in [0.1, 0.15) is 10.6 Å². The third kappa shape index (κ3) is 6.66. The number of ether oxygens (including phenoxy) is 3. The maximum atomic E-state index is 13.9. The molecule has 0 unspecified atom stereocenters. The quantitative estimate of drug-likeness (QED) is 0.486. The number of aryl methyl sites for hydroxylation is 1. The molecule has 0 spiro atoms. The Labute approximate surface area is 216 Å². The van der Waals surface area contributed by atoms with Crippen molar-refractivity contribution in [2.24, 2.45) is 0 Å². The fraction of sp³-hybridized carbons (Fsp3) is 0.423. The summed E-state index contributed by atoms with van der Waals surface area (Å²) in [5.74, 6) is -1.85. The number of hydrogen-bond donors (Lipinski definition) is 1. The van der Waals surface area contributed by atoms with Gasteiger partial charge in [-0.1, -0.05) is 25.3 Å². The Morgan fingerprint density at radius 3 is 2.05 bits per heavy atom. The average molecular weight is 533 g/mol. The smallest absolute Gasteiger partial charge is 0.337 e. The molecule has 11 heteroatoms. The molecule has 0 heterocycles. The highest BCUT2D eigenvalue weighted by molar-refractivity contribution is 7.89. The van der Waals surface area contributed by atoms with Crippen LogP contribution in [0.1, 0.15) is 58.4 Å². The number of sulfonamides is 1. The number of amides is 1. The molecule has 1 saturated carbocycles. The van der Waals surface area contributed by atoms with Crippen molar-refractivity contribution in [1.29, 1.82) is 0 Å². The minimum Gasteiger partial charge on any atom is -0.495 e. The van der Waals surface area contributed by atoms with Crippen molar-refractivity contribution in [2.75, 3.05) is 33.2 Å². The van der Waals surface area contributed by atoms with Crippen LogP contribution >= 0.6 is 0 Å². The molecule has 1 amide bonds. The number of anilines is 1. The van der Waals surface area contributed by atoms with Crippen molar-refractivity contribution in [2.45, 2.75) is 50.0 Å². The standard InChI is InChI=1S/C26H32N2O8S/c1-17-10-11-22(34-2)23(12-17)37(32,33)28(21-8-6-5-7-9-21)16-24(29)27-20-14-18(25(30)35-3)13-19(15-20)26(31)36-4/h10-15,21H,5-9,16H2,1-4H3,(H,27,29). The molecule has 3 rings (SSSR count). The van der Waals surface area contributed by atoms with Crippen LogP contribution in [0.5, 0.6) is 5.75 Å². The van der Waals surface area contributed by atoms with Crippen molar-refractivity contribution >= 4 is 33.6 Å². The first kappa shape index (κ1) is 28.1. The topological polar surface area (TPSA) is 128 Å². The van der Waals surface area contributed by atoms with Crippen LogP contribution in [0.3, 0.4) is 0 Å². The Morgan fingerprint density at radius 2 is 1.51 bits per heavy atom. The molecule has 2 aromatic rings. The second-order valence-electron chi connectivity index (χ2n) is 8.83. The van der Waals surface area contributed by atoms with Crippen LogP contribution in [0.25, 0.3) is 0 Å². The van der Waals surface area contributed by atoms with Gasteiger partial charge in [0.15, 0.2) is 0 Å². The van der Waals surface area contributed by atoms with E-state index < -0.39 is 34.4 Å². The maximum absolute atomic E-state index is 13.9. The van der Waals surface area contributed by atoms with E-state index in [2.05, 4.69) is 5.32 Å². The van der Waals surface area contributed by atoms with Gasteiger partial charge in [-0.15, -0.1) is 0 Å². The molecule has 1 N–H and O–H groups in total.